The van der Waals surface area contributed by atoms with E-state index in [0.29, 0.717) is 39.5 Å². The Kier molecular flexibility index (Phi) is 4.81. The third-order valence-electron chi connectivity index (χ3n) is 5.44. The number of rotatable bonds is 2. The van der Waals surface area contributed by atoms with Gasteiger partial charge in [0.15, 0.2) is 0 Å². The lowest BCUT2D eigenvalue weighted by Gasteiger charge is -2.50. The Hall–Kier alpha value is -1.41. The summed E-state index contributed by atoms with van der Waals surface area (Å²) in [5.74, 6) is 0. The molecule has 2 amide bonds. The molecule has 4 rings (SSSR count). The number of urea groups is 1. The highest BCUT2D eigenvalue weighted by Crippen LogP contribution is 2.39. The monoisotopic (exact) mass is 392 g/mol. The van der Waals surface area contributed by atoms with Crippen molar-refractivity contribution in [1.29, 1.82) is 0 Å². The molecule has 0 N–H and O–H groups in total. The van der Waals surface area contributed by atoms with Crippen LogP contribution in [0.5, 0.6) is 0 Å². The molecule has 2 aliphatic rings. The molecule has 0 saturated carbocycles. The molecule has 0 spiro atoms. The molecule has 5 nitrogen and oxygen atoms in total. The summed E-state index contributed by atoms with van der Waals surface area (Å²) in [5, 5.41) is 4.12. The number of morpholine rings is 2. The summed E-state index contributed by atoms with van der Waals surface area (Å²) >= 11 is 3.36. The normalized spacial score (nSPS) is 29.8. The second-order valence-electron chi connectivity index (χ2n) is 7.19. The van der Waals surface area contributed by atoms with Gasteiger partial charge in [-0.15, -0.1) is 22.7 Å². The number of carbonyl (C=O) groups excluding carboxylic acids is 1. The van der Waals surface area contributed by atoms with Crippen LogP contribution in [-0.4, -0.2) is 55.3 Å². The zero-order valence-electron chi connectivity index (χ0n) is 15.1. The van der Waals surface area contributed by atoms with Crippen LogP contribution in [0.2, 0.25) is 0 Å². The number of ether oxygens (including phenoxy) is 2. The molecule has 0 aliphatic carbocycles. The first-order valence-electron chi connectivity index (χ1n) is 8.88. The van der Waals surface area contributed by atoms with E-state index in [1.165, 1.54) is 0 Å². The molecule has 2 unspecified atom stereocenters. The van der Waals surface area contributed by atoms with Crippen LogP contribution in [0.25, 0.3) is 0 Å². The van der Waals surface area contributed by atoms with Gasteiger partial charge in [0.25, 0.3) is 0 Å². The molecular weight excluding hydrogens is 368 g/mol. The molecule has 140 valence electrons. The molecule has 0 aromatic carbocycles. The lowest BCUT2D eigenvalue weighted by molar-refractivity contribution is -0.0780. The number of hydrogen-bond acceptors (Lipinski definition) is 5. The van der Waals surface area contributed by atoms with Crippen LogP contribution in [0, 0.1) is 0 Å². The highest BCUT2D eigenvalue weighted by Gasteiger charge is 2.47. The maximum absolute atomic E-state index is 13.7. The minimum Gasteiger partial charge on any atom is -0.377 e. The lowest BCUT2D eigenvalue weighted by atomic mass is 9.95. The van der Waals surface area contributed by atoms with Gasteiger partial charge in [-0.3, -0.25) is 0 Å². The van der Waals surface area contributed by atoms with Gasteiger partial charge in [-0.1, -0.05) is 12.1 Å². The lowest BCUT2D eigenvalue weighted by Crippen LogP contribution is -2.64. The molecule has 4 heterocycles. The molecule has 2 saturated heterocycles. The first-order chi connectivity index (χ1) is 12.6. The van der Waals surface area contributed by atoms with E-state index in [0.717, 1.165) is 9.75 Å². The summed E-state index contributed by atoms with van der Waals surface area (Å²) in [6.45, 7) is 7.63. The Bertz CT molecular complexity index is 687. The fourth-order valence-corrected chi connectivity index (χ4v) is 5.61. The van der Waals surface area contributed by atoms with Crippen molar-refractivity contribution in [2.24, 2.45) is 0 Å². The minimum absolute atomic E-state index is 0.0726. The highest BCUT2D eigenvalue weighted by molar-refractivity contribution is 7.10. The van der Waals surface area contributed by atoms with Crippen LogP contribution in [0.1, 0.15) is 23.6 Å². The Morgan fingerprint density at radius 3 is 1.77 bits per heavy atom. The quantitative estimate of drug-likeness (QED) is 0.782. The molecule has 2 atom stereocenters. The van der Waals surface area contributed by atoms with Crippen LogP contribution in [0.4, 0.5) is 4.79 Å². The zero-order chi connectivity index (χ0) is 18.2. The van der Waals surface area contributed by atoms with Gasteiger partial charge in [0.2, 0.25) is 0 Å². The van der Waals surface area contributed by atoms with Gasteiger partial charge in [0, 0.05) is 22.8 Å². The van der Waals surface area contributed by atoms with Gasteiger partial charge < -0.3 is 19.3 Å². The van der Waals surface area contributed by atoms with Gasteiger partial charge in [-0.05, 0) is 36.7 Å². The Labute approximate surface area is 162 Å². The Morgan fingerprint density at radius 1 is 0.923 bits per heavy atom. The number of thiophene rings is 2. The van der Waals surface area contributed by atoms with E-state index in [1.807, 2.05) is 21.9 Å². The fraction of sp³-hybridized carbons (Fsp3) is 0.526. The van der Waals surface area contributed by atoms with Gasteiger partial charge in [0.1, 0.15) is 0 Å². The van der Waals surface area contributed by atoms with Gasteiger partial charge >= 0.3 is 6.03 Å². The molecule has 0 bridgehead atoms. The SMILES string of the molecule is CC1(c2cccs2)COCCN1C(=O)N1CCOCC1(C)c1cccs1. The summed E-state index contributed by atoms with van der Waals surface area (Å²) in [6.07, 6.45) is 0. The fourth-order valence-electron chi connectivity index (χ4n) is 3.84. The van der Waals surface area contributed by atoms with E-state index in [1.54, 1.807) is 22.7 Å². The molecule has 26 heavy (non-hydrogen) atoms. The van der Waals surface area contributed by atoms with Crippen molar-refractivity contribution in [1.82, 2.24) is 9.80 Å². The summed E-state index contributed by atoms with van der Waals surface area (Å²) in [5.41, 5.74) is -0.865. The van der Waals surface area contributed by atoms with E-state index in [9.17, 15) is 4.79 Å². The molecule has 2 aliphatic heterocycles. The zero-order valence-corrected chi connectivity index (χ0v) is 16.8. The van der Waals surface area contributed by atoms with Crippen molar-refractivity contribution < 1.29 is 14.3 Å². The van der Waals surface area contributed by atoms with Crippen molar-refractivity contribution in [2.75, 3.05) is 39.5 Å². The van der Waals surface area contributed by atoms with E-state index >= 15 is 0 Å². The largest absolute Gasteiger partial charge is 0.377 e. The second kappa shape index (κ2) is 6.96. The first kappa shape index (κ1) is 18.0. The van der Waals surface area contributed by atoms with Gasteiger partial charge in [-0.2, -0.15) is 0 Å². The summed E-state index contributed by atoms with van der Waals surface area (Å²) in [4.78, 5) is 20.1. The maximum Gasteiger partial charge on any atom is 0.321 e. The van der Waals surface area contributed by atoms with Crippen LogP contribution in [0.15, 0.2) is 35.0 Å². The van der Waals surface area contributed by atoms with Gasteiger partial charge in [0.05, 0.1) is 37.5 Å². The molecule has 2 aromatic rings. The Balaban J connectivity index is 1.68. The summed E-state index contributed by atoms with van der Waals surface area (Å²) in [7, 11) is 0. The molecule has 2 fully saturated rings. The topological polar surface area (TPSA) is 42.0 Å². The molecular formula is C19H24N2O3S2. The van der Waals surface area contributed by atoms with Gasteiger partial charge in [-0.25, -0.2) is 4.79 Å². The molecule has 7 heteroatoms. The first-order valence-corrected chi connectivity index (χ1v) is 10.6. The highest BCUT2D eigenvalue weighted by atomic mass is 32.1. The van der Waals surface area contributed by atoms with E-state index < -0.39 is 11.1 Å². The summed E-state index contributed by atoms with van der Waals surface area (Å²) < 4.78 is 11.5. The predicted molar refractivity (Wildman–Crippen MR) is 104 cm³/mol. The molecule has 0 radical (unpaired) electrons. The van der Waals surface area contributed by atoms with Crippen molar-refractivity contribution in [3.8, 4) is 0 Å². The van der Waals surface area contributed by atoms with E-state index in [-0.39, 0.29) is 6.03 Å². The number of carbonyl (C=O) groups is 1. The van der Waals surface area contributed by atoms with Crippen LogP contribution < -0.4 is 0 Å². The second-order valence-corrected chi connectivity index (χ2v) is 9.09. The van der Waals surface area contributed by atoms with Crippen molar-refractivity contribution in [3.05, 3.63) is 44.8 Å². The van der Waals surface area contributed by atoms with Crippen LogP contribution in [-0.2, 0) is 20.6 Å². The van der Waals surface area contributed by atoms with Crippen LogP contribution in [0.3, 0.4) is 0 Å². The smallest absolute Gasteiger partial charge is 0.321 e. The number of amides is 2. The van der Waals surface area contributed by atoms with Crippen molar-refractivity contribution in [2.45, 2.75) is 24.9 Å². The average molecular weight is 393 g/mol. The average Bonchev–Trinajstić information content (AvgIpc) is 3.36. The minimum atomic E-state index is -0.432. The third kappa shape index (κ3) is 2.87. The predicted octanol–water partition coefficient (Wildman–Crippen LogP) is 3.72. The summed E-state index contributed by atoms with van der Waals surface area (Å²) in [6, 6.07) is 8.33. The number of hydrogen-bond donors (Lipinski definition) is 0. The van der Waals surface area contributed by atoms with Crippen molar-refractivity contribution >= 4 is 28.7 Å². The van der Waals surface area contributed by atoms with Crippen molar-refractivity contribution in [3.63, 3.8) is 0 Å². The standard InChI is InChI=1S/C19H24N2O3S2/c1-18(15-5-3-11-25-15)13-23-9-7-20(18)17(22)21-8-10-24-14-19(21,2)16-6-4-12-26-16/h3-6,11-12H,7-10,13-14H2,1-2H3. The number of nitrogens with zero attached hydrogens (tertiary/aromatic N) is 2. The van der Waals surface area contributed by atoms with E-state index in [4.69, 9.17) is 9.47 Å². The maximum atomic E-state index is 13.7. The Morgan fingerprint density at radius 2 is 1.38 bits per heavy atom. The molecule has 2 aromatic heterocycles. The third-order valence-corrected chi connectivity index (χ3v) is 7.69. The van der Waals surface area contributed by atoms with E-state index in [2.05, 4.69) is 36.7 Å². The van der Waals surface area contributed by atoms with Crippen LogP contribution >= 0.6 is 22.7 Å².